The van der Waals surface area contributed by atoms with E-state index in [-0.39, 0.29) is 5.95 Å². The quantitative estimate of drug-likeness (QED) is 0.320. The molecule has 0 spiro atoms. The molecule has 0 atom stereocenters. The van der Waals surface area contributed by atoms with Crippen molar-refractivity contribution in [3.63, 3.8) is 0 Å². The van der Waals surface area contributed by atoms with Crippen molar-refractivity contribution in [3.05, 3.63) is 58.1 Å². The highest BCUT2D eigenvalue weighted by Gasteiger charge is 2.30. The first-order valence-corrected chi connectivity index (χ1v) is 11.7. The summed E-state index contributed by atoms with van der Waals surface area (Å²) >= 11 is 12.9. The normalized spacial score (nSPS) is 14.5. The Balaban J connectivity index is 1.66. The molecule has 2 aromatic carbocycles. The van der Waals surface area contributed by atoms with Crippen LogP contribution in [0.4, 0.5) is 36.6 Å². The molecule has 1 saturated heterocycles. The lowest BCUT2D eigenvalue weighted by atomic mass is 10.1. The summed E-state index contributed by atoms with van der Waals surface area (Å²) < 4.78 is 40.5. The number of nitrogens with two attached hydrogens (primary N) is 1. The van der Waals surface area contributed by atoms with E-state index in [2.05, 4.69) is 20.2 Å². The third-order valence-corrected chi connectivity index (χ3v) is 6.41. The second-order valence-corrected chi connectivity index (χ2v) is 8.98. The van der Waals surface area contributed by atoms with Gasteiger partial charge in [-0.3, -0.25) is 4.57 Å². The highest BCUT2D eigenvalue weighted by atomic mass is 35.5. The summed E-state index contributed by atoms with van der Waals surface area (Å²) in [6.45, 7) is 1.56. The molecule has 182 valence electrons. The van der Waals surface area contributed by atoms with Gasteiger partial charge in [-0.1, -0.05) is 29.3 Å². The maximum atomic E-state index is 13.0. The molecule has 0 unspecified atom stereocenters. The molecule has 2 aromatic heterocycles. The Hall–Kier alpha value is -3.24. The smallest absolute Gasteiger partial charge is 0.369 e. The van der Waals surface area contributed by atoms with E-state index < -0.39 is 11.7 Å². The van der Waals surface area contributed by atoms with Crippen LogP contribution in [0, 0.1) is 0 Å². The summed E-state index contributed by atoms with van der Waals surface area (Å²) in [6.07, 6.45) is -1.30. The largest absolute Gasteiger partial charge is 0.416 e. The topological polar surface area (TPSA) is 84.9 Å². The van der Waals surface area contributed by atoms with Crippen LogP contribution in [0.15, 0.2) is 42.5 Å². The van der Waals surface area contributed by atoms with E-state index in [1.54, 1.807) is 22.8 Å². The summed E-state index contributed by atoms with van der Waals surface area (Å²) in [4.78, 5) is 15.9. The first-order chi connectivity index (χ1) is 16.7. The number of fused-ring (bicyclic) bond motifs is 1. The molecule has 3 heterocycles. The number of alkyl halides is 3. The van der Waals surface area contributed by atoms with Crippen LogP contribution in [-0.2, 0) is 6.18 Å². The van der Waals surface area contributed by atoms with Crippen LogP contribution in [0.5, 0.6) is 0 Å². The molecule has 1 aliphatic heterocycles. The van der Waals surface area contributed by atoms with Gasteiger partial charge in [-0.05, 0) is 55.7 Å². The fourth-order valence-corrected chi connectivity index (χ4v) is 4.65. The number of benzene rings is 2. The van der Waals surface area contributed by atoms with Gasteiger partial charge in [0.25, 0.3) is 0 Å². The molecule has 0 saturated carbocycles. The van der Waals surface area contributed by atoms with Gasteiger partial charge < -0.3 is 16.0 Å². The number of halogens is 5. The van der Waals surface area contributed by atoms with Crippen molar-refractivity contribution in [2.75, 3.05) is 29.0 Å². The van der Waals surface area contributed by atoms with Gasteiger partial charge in [0.05, 0.1) is 21.3 Å². The van der Waals surface area contributed by atoms with Crippen LogP contribution >= 0.6 is 23.2 Å². The average Bonchev–Trinajstić information content (AvgIpc) is 3.15. The molecule has 7 nitrogen and oxygen atoms in total. The first kappa shape index (κ1) is 23.5. The SMILES string of the molecule is Nc1nc2c(Nc3ccc(C(F)(F)F)cc3)nc(N3CCCCC3)nc2n1-c1c(Cl)cccc1Cl. The van der Waals surface area contributed by atoms with Crippen LogP contribution in [-0.4, -0.2) is 32.6 Å². The number of hydrogen-bond acceptors (Lipinski definition) is 6. The van der Waals surface area contributed by atoms with Gasteiger partial charge in [0.15, 0.2) is 17.0 Å². The fourth-order valence-electron chi connectivity index (χ4n) is 4.09. The highest BCUT2D eigenvalue weighted by Crippen LogP contribution is 2.36. The van der Waals surface area contributed by atoms with Gasteiger partial charge in [-0.15, -0.1) is 0 Å². The molecular weight excluding hydrogens is 502 g/mol. The Morgan fingerprint density at radius 3 is 2.17 bits per heavy atom. The fraction of sp³-hybridized carbons (Fsp3) is 0.261. The van der Waals surface area contributed by atoms with E-state index in [1.165, 1.54) is 12.1 Å². The van der Waals surface area contributed by atoms with E-state index in [9.17, 15) is 13.2 Å². The Bertz CT molecular complexity index is 1360. The Morgan fingerprint density at radius 1 is 0.886 bits per heavy atom. The molecule has 1 aliphatic rings. The van der Waals surface area contributed by atoms with Crippen molar-refractivity contribution < 1.29 is 13.2 Å². The number of nitrogens with one attached hydrogen (secondary N) is 1. The first-order valence-electron chi connectivity index (χ1n) is 10.9. The minimum atomic E-state index is -4.43. The number of piperidine rings is 1. The van der Waals surface area contributed by atoms with Crippen LogP contribution in [0.25, 0.3) is 16.9 Å². The molecule has 0 bridgehead atoms. The number of imidazole rings is 1. The lowest BCUT2D eigenvalue weighted by molar-refractivity contribution is -0.137. The van der Waals surface area contributed by atoms with Crippen LogP contribution < -0.4 is 16.0 Å². The maximum absolute atomic E-state index is 13.0. The van der Waals surface area contributed by atoms with E-state index in [0.717, 1.165) is 44.5 Å². The maximum Gasteiger partial charge on any atom is 0.416 e. The zero-order valence-corrected chi connectivity index (χ0v) is 19.8. The van der Waals surface area contributed by atoms with E-state index in [4.69, 9.17) is 33.9 Å². The van der Waals surface area contributed by atoms with Gasteiger partial charge >= 0.3 is 6.18 Å². The number of rotatable bonds is 4. The highest BCUT2D eigenvalue weighted by molar-refractivity contribution is 6.38. The molecule has 0 amide bonds. The van der Waals surface area contributed by atoms with Crippen molar-refractivity contribution in [3.8, 4) is 5.69 Å². The predicted molar refractivity (Wildman–Crippen MR) is 132 cm³/mol. The second kappa shape index (κ2) is 9.09. The summed E-state index contributed by atoms with van der Waals surface area (Å²) in [5.41, 5.74) is 7.09. The number of nitrogen functional groups attached to an aromatic ring is 1. The average molecular weight is 522 g/mol. The third kappa shape index (κ3) is 4.55. The lowest BCUT2D eigenvalue weighted by Crippen LogP contribution is -2.31. The molecule has 1 fully saturated rings. The van der Waals surface area contributed by atoms with Gasteiger partial charge in [0, 0.05) is 18.8 Å². The van der Waals surface area contributed by atoms with Crippen molar-refractivity contribution in [2.24, 2.45) is 0 Å². The van der Waals surface area contributed by atoms with Crippen LogP contribution in [0.1, 0.15) is 24.8 Å². The minimum absolute atomic E-state index is 0.0931. The number of para-hydroxylation sites is 1. The summed E-state index contributed by atoms with van der Waals surface area (Å²) in [5.74, 6) is 0.857. The van der Waals surface area contributed by atoms with Gasteiger partial charge in [-0.2, -0.15) is 23.1 Å². The third-order valence-electron chi connectivity index (χ3n) is 5.80. The van der Waals surface area contributed by atoms with E-state index in [1.807, 2.05) is 0 Å². The summed E-state index contributed by atoms with van der Waals surface area (Å²) in [5, 5.41) is 3.80. The Kier molecular flexibility index (Phi) is 6.10. The zero-order chi connectivity index (χ0) is 24.7. The van der Waals surface area contributed by atoms with Gasteiger partial charge in [-0.25, -0.2) is 4.98 Å². The number of nitrogens with zero attached hydrogens (tertiary/aromatic N) is 5. The number of aromatic nitrogens is 4. The van der Waals surface area contributed by atoms with Crippen LogP contribution in [0.3, 0.4) is 0 Å². The molecule has 5 rings (SSSR count). The molecule has 0 aliphatic carbocycles. The van der Waals surface area contributed by atoms with E-state index in [0.29, 0.717) is 44.4 Å². The zero-order valence-electron chi connectivity index (χ0n) is 18.3. The number of hydrogen-bond donors (Lipinski definition) is 2. The number of anilines is 4. The van der Waals surface area contributed by atoms with Crippen molar-refractivity contribution in [1.82, 2.24) is 19.5 Å². The summed E-state index contributed by atoms with van der Waals surface area (Å²) in [6, 6.07) is 9.76. The van der Waals surface area contributed by atoms with Crippen molar-refractivity contribution >= 4 is 57.8 Å². The molecule has 4 aromatic rings. The molecule has 35 heavy (non-hydrogen) atoms. The Morgan fingerprint density at radius 2 is 1.54 bits per heavy atom. The second-order valence-electron chi connectivity index (χ2n) is 8.17. The monoisotopic (exact) mass is 521 g/mol. The van der Waals surface area contributed by atoms with Crippen LogP contribution in [0.2, 0.25) is 10.0 Å². The van der Waals surface area contributed by atoms with Gasteiger partial charge in [0.1, 0.15) is 0 Å². The molecular formula is C23H20Cl2F3N7. The summed E-state index contributed by atoms with van der Waals surface area (Å²) in [7, 11) is 0. The predicted octanol–water partition coefficient (Wildman–Crippen LogP) is 6.46. The van der Waals surface area contributed by atoms with Gasteiger partial charge in [0.2, 0.25) is 11.9 Å². The minimum Gasteiger partial charge on any atom is -0.369 e. The molecule has 3 N–H and O–H groups in total. The lowest BCUT2D eigenvalue weighted by Gasteiger charge is -2.27. The standard InChI is InChI=1S/C23H20Cl2F3N7/c24-15-5-4-6-16(25)18(15)35-20-17(31-21(35)29)19(32-22(33-20)34-11-2-1-3-12-34)30-14-9-7-13(8-10-14)23(26,27)28/h4-10H,1-3,11-12H2,(H2,29,31)(H,30,32,33). The van der Waals surface area contributed by atoms with Crippen molar-refractivity contribution in [2.45, 2.75) is 25.4 Å². The van der Waals surface area contributed by atoms with Crippen molar-refractivity contribution in [1.29, 1.82) is 0 Å². The molecule has 0 radical (unpaired) electrons. The van der Waals surface area contributed by atoms with E-state index >= 15 is 0 Å². The Labute approximate surface area is 208 Å². The molecule has 12 heteroatoms.